The molecule has 112 valence electrons. The predicted octanol–water partition coefficient (Wildman–Crippen LogP) is 0.337. The van der Waals surface area contributed by atoms with Crippen LogP contribution < -0.4 is 5.73 Å². The molecule has 1 aliphatic rings. The molecule has 6 nitrogen and oxygen atoms in total. The zero-order valence-corrected chi connectivity index (χ0v) is 11.6. The Morgan fingerprint density at radius 1 is 1.05 bits per heavy atom. The average molecular weight is 275 g/mol. The first kappa shape index (κ1) is 16.4. The van der Waals surface area contributed by atoms with Gasteiger partial charge >= 0.3 is 5.97 Å². The van der Waals surface area contributed by atoms with E-state index in [1.165, 1.54) is 0 Å². The van der Waals surface area contributed by atoms with Crippen LogP contribution in [0.4, 0.5) is 0 Å². The lowest BCUT2D eigenvalue weighted by Crippen LogP contribution is -2.32. The summed E-state index contributed by atoms with van der Waals surface area (Å²) >= 11 is 0. The third-order valence-corrected chi connectivity index (χ3v) is 3.15. The van der Waals surface area contributed by atoms with E-state index in [4.69, 9.17) is 24.7 Å². The van der Waals surface area contributed by atoms with Crippen LogP contribution in [0.25, 0.3) is 0 Å². The summed E-state index contributed by atoms with van der Waals surface area (Å²) in [6.45, 7) is 2.82. The normalized spacial score (nSPS) is 22.6. The summed E-state index contributed by atoms with van der Waals surface area (Å²) in [6, 6.07) is -0.0393. The highest BCUT2D eigenvalue weighted by molar-refractivity contribution is 5.73. The lowest BCUT2D eigenvalue weighted by molar-refractivity contribution is -0.150. The third-order valence-electron chi connectivity index (χ3n) is 3.15. The minimum Gasteiger partial charge on any atom is -0.463 e. The molecule has 0 heterocycles. The lowest BCUT2D eigenvalue weighted by Gasteiger charge is -2.14. The van der Waals surface area contributed by atoms with E-state index in [-0.39, 0.29) is 24.5 Å². The van der Waals surface area contributed by atoms with Gasteiger partial charge in [0.1, 0.15) is 6.61 Å². The van der Waals surface area contributed by atoms with Crippen LogP contribution in [0.1, 0.15) is 19.3 Å². The van der Waals surface area contributed by atoms with E-state index in [2.05, 4.69) is 0 Å². The van der Waals surface area contributed by atoms with Crippen LogP contribution in [0.15, 0.2) is 0 Å². The van der Waals surface area contributed by atoms with Crippen LogP contribution in [0.2, 0.25) is 0 Å². The standard InChI is InChI=1S/C13H25NO5/c1-16-5-6-17-7-8-18-9-10-19-13(15)11-3-2-4-12(11)14/h11-12H,2-10,14H2,1H3. The maximum Gasteiger partial charge on any atom is 0.310 e. The number of hydrogen-bond acceptors (Lipinski definition) is 6. The molecule has 2 N–H and O–H groups in total. The second-order valence-electron chi connectivity index (χ2n) is 4.59. The van der Waals surface area contributed by atoms with Crippen molar-refractivity contribution in [2.75, 3.05) is 46.8 Å². The minimum absolute atomic E-state index is 0.0393. The van der Waals surface area contributed by atoms with Crippen molar-refractivity contribution in [3.05, 3.63) is 0 Å². The quantitative estimate of drug-likeness (QED) is 0.457. The van der Waals surface area contributed by atoms with Gasteiger partial charge in [0.2, 0.25) is 0 Å². The predicted molar refractivity (Wildman–Crippen MR) is 69.8 cm³/mol. The summed E-state index contributed by atoms with van der Waals surface area (Å²) in [5.74, 6) is -0.317. The van der Waals surface area contributed by atoms with Gasteiger partial charge in [0.15, 0.2) is 0 Å². The molecule has 0 aromatic heterocycles. The van der Waals surface area contributed by atoms with Crippen molar-refractivity contribution in [2.24, 2.45) is 11.7 Å². The molecule has 1 rings (SSSR count). The Bertz CT molecular complexity index is 249. The Morgan fingerprint density at radius 3 is 2.26 bits per heavy atom. The van der Waals surface area contributed by atoms with E-state index in [1.54, 1.807) is 7.11 Å². The molecule has 6 heteroatoms. The topological polar surface area (TPSA) is 80.0 Å². The van der Waals surface area contributed by atoms with Crippen LogP contribution in [0.3, 0.4) is 0 Å². The molecule has 0 spiro atoms. The zero-order chi connectivity index (χ0) is 13.9. The molecular formula is C13H25NO5. The van der Waals surface area contributed by atoms with Crippen molar-refractivity contribution in [3.8, 4) is 0 Å². The van der Waals surface area contributed by atoms with Crippen LogP contribution in [-0.4, -0.2) is 58.8 Å². The van der Waals surface area contributed by atoms with E-state index in [0.29, 0.717) is 33.0 Å². The number of esters is 1. The first-order valence-electron chi connectivity index (χ1n) is 6.82. The SMILES string of the molecule is COCCOCCOCCOC(=O)C1CCCC1N. The van der Waals surface area contributed by atoms with Crippen LogP contribution in [0.5, 0.6) is 0 Å². The minimum atomic E-state index is -0.190. The van der Waals surface area contributed by atoms with Gasteiger partial charge in [-0.2, -0.15) is 0 Å². The summed E-state index contributed by atoms with van der Waals surface area (Å²) in [5.41, 5.74) is 5.83. The van der Waals surface area contributed by atoms with E-state index >= 15 is 0 Å². The molecule has 0 saturated heterocycles. The molecule has 0 aromatic carbocycles. The Labute approximate surface area is 114 Å². The number of carbonyl (C=O) groups excluding carboxylic acids is 1. The number of ether oxygens (including phenoxy) is 4. The van der Waals surface area contributed by atoms with Crippen molar-refractivity contribution in [3.63, 3.8) is 0 Å². The molecule has 0 bridgehead atoms. The Kier molecular flexibility index (Phi) is 8.73. The first-order chi connectivity index (χ1) is 9.25. The van der Waals surface area contributed by atoms with Crippen molar-refractivity contribution in [2.45, 2.75) is 25.3 Å². The summed E-state index contributed by atoms with van der Waals surface area (Å²) in [6.07, 6.45) is 2.76. The van der Waals surface area contributed by atoms with Crippen molar-refractivity contribution in [1.82, 2.24) is 0 Å². The van der Waals surface area contributed by atoms with E-state index in [1.807, 2.05) is 0 Å². The maximum atomic E-state index is 11.7. The maximum absolute atomic E-state index is 11.7. The largest absolute Gasteiger partial charge is 0.463 e. The molecule has 2 atom stereocenters. The molecule has 1 fully saturated rings. The molecule has 0 radical (unpaired) electrons. The summed E-state index contributed by atoms with van der Waals surface area (Å²) in [5, 5.41) is 0. The fourth-order valence-electron chi connectivity index (χ4n) is 2.05. The first-order valence-corrected chi connectivity index (χ1v) is 6.82. The molecule has 2 unspecified atom stereocenters. The fourth-order valence-corrected chi connectivity index (χ4v) is 2.05. The number of hydrogen-bond donors (Lipinski definition) is 1. The summed E-state index contributed by atoms with van der Waals surface area (Å²) in [4.78, 5) is 11.7. The zero-order valence-electron chi connectivity index (χ0n) is 11.6. The third kappa shape index (κ3) is 6.87. The van der Waals surface area contributed by atoms with E-state index in [9.17, 15) is 4.79 Å². The van der Waals surface area contributed by atoms with Crippen molar-refractivity contribution in [1.29, 1.82) is 0 Å². The second kappa shape index (κ2) is 10.1. The van der Waals surface area contributed by atoms with Gasteiger partial charge in [0.05, 0.1) is 39.0 Å². The molecule has 1 saturated carbocycles. The van der Waals surface area contributed by atoms with Gasteiger partial charge in [-0.05, 0) is 12.8 Å². The lowest BCUT2D eigenvalue weighted by atomic mass is 10.1. The Hall–Kier alpha value is -0.690. The van der Waals surface area contributed by atoms with E-state index < -0.39 is 0 Å². The number of rotatable bonds is 10. The molecule has 19 heavy (non-hydrogen) atoms. The monoisotopic (exact) mass is 275 g/mol. The smallest absolute Gasteiger partial charge is 0.310 e. The highest BCUT2D eigenvalue weighted by atomic mass is 16.6. The van der Waals surface area contributed by atoms with Gasteiger partial charge in [-0.1, -0.05) is 6.42 Å². The van der Waals surface area contributed by atoms with Gasteiger partial charge in [-0.15, -0.1) is 0 Å². The summed E-state index contributed by atoms with van der Waals surface area (Å²) in [7, 11) is 1.63. The average Bonchev–Trinajstić information content (AvgIpc) is 2.83. The molecular weight excluding hydrogens is 250 g/mol. The highest BCUT2D eigenvalue weighted by Crippen LogP contribution is 2.24. The van der Waals surface area contributed by atoms with E-state index in [0.717, 1.165) is 19.3 Å². The number of methoxy groups -OCH3 is 1. The van der Waals surface area contributed by atoms with Gasteiger partial charge < -0.3 is 24.7 Å². The Balaban J connectivity index is 1.89. The molecule has 0 aromatic rings. The molecule has 0 aliphatic heterocycles. The second-order valence-corrected chi connectivity index (χ2v) is 4.59. The van der Waals surface area contributed by atoms with Gasteiger partial charge in [-0.25, -0.2) is 0 Å². The Morgan fingerprint density at radius 2 is 1.68 bits per heavy atom. The fraction of sp³-hybridized carbons (Fsp3) is 0.923. The van der Waals surface area contributed by atoms with Gasteiger partial charge in [0.25, 0.3) is 0 Å². The highest BCUT2D eigenvalue weighted by Gasteiger charge is 2.31. The number of nitrogens with two attached hydrogens (primary N) is 1. The number of carbonyl (C=O) groups is 1. The van der Waals surface area contributed by atoms with Gasteiger partial charge in [0, 0.05) is 13.2 Å². The molecule has 1 aliphatic carbocycles. The molecule has 0 amide bonds. The van der Waals surface area contributed by atoms with Crippen molar-refractivity contribution < 1.29 is 23.7 Å². The van der Waals surface area contributed by atoms with Gasteiger partial charge in [-0.3, -0.25) is 4.79 Å². The van der Waals surface area contributed by atoms with Crippen LogP contribution in [-0.2, 0) is 23.7 Å². The van der Waals surface area contributed by atoms with Crippen molar-refractivity contribution >= 4 is 5.97 Å². The van der Waals surface area contributed by atoms with Crippen LogP contribution >= 0.6 is 0 Å². The summed E-state index contributed by atoms with van der Waals surface area (Å²) < 4.78 is 20.5. The van der Waals surface area contributed by atoms with Crippen LogP contribution in [0, 0.1) is 5.92 Å².